The number of fused-ring (bicyclic) bond motifs is 1. The highest BCUT2D eigenvalue weighted by molar-refractivity contribution is 8.04. The van der Waals surface area contributed by atoms with Crippen LogP contribution in [0.15, 0.2) is 28.9 Å². The van der Waals surface area contributed by atoms with Crippen LogP contribution in [0.1, 0.15) is 48.6 Å². The van der Waals surface area contributed by atoms with Crippen LogP contribution in [0.2, 0.25) is 0 Å². The number of urea groups is 1. The fourth-order valence-electron chi connectivity index (χ4n) is 4.33. The Morgan fingerprint density at radius 2 is 2.17 bits per heavy atom. The maximum atomic E-state index is 12.7. The van der Waals surface area contributed by atoms with Crippen LogP contribution in [-0.2, 0) is 14.3 Å². The van der Waals surface area contributed by atoms with Crippen molar-refractivity contribution in [2.24, 2.45) is 0 Å². The van der Waals surface area contributed by atoms with Crippen molar-refractivity contribution < 1.29 is 19.1 Å². The molecule has 2 atom stereocenters. The van der Waals surface area contributed by atoms with E-state index in [0.29, 0.717) is 35.1 Å². The van der Waals surface area contributed by atoms with E-state index in [9.17, 15) is 14.4 Å². The van der Waals surface area contributed by atoms with Gasteiger partial charge in [-0.25, -0.2) is 9.78 Å². The molecular formula is C23H25N7O4S. The molecule has 5 heterocycles. The van der Waals surface area contributed by atoms with Crippen molar-refractivity contribution in [3.63, 3.8) is 0 Å². The quantitative estimate of drug-likeness (QED) is 0.337. The van der Waals surface area contributed by atoms with Gasteiger partial charge in [0.05, 0.1) is 28.1 Å². The highest BCUT2D eigenvalue weighted by Gasteiger charge is 2.29. The molecule has 11 nitrogen and oxygen atoms in total. The summed E-state index contributed by atoms with van der Waals surface area (Å²) in [6.45, 7) is 1.29. The van der Waals surface area contributed by atoms with Crippen LogP contribution in [0.25, 0.3) is 11.7 Å². The van der Waals surface area contributed by atoms with Crippen LogP contribution < -0.4 is 21.3 Å². The van der Waals surface area contributed by atoms with Crippen LogP contribution in [0, 0.1) is 0 Å². The fourth-order valence-corrected chi connectivity index (χ4v) is 5.44. The first kappa shape index (κ1) is 22.1. The lowest BCUT2D eigenvalue weighted by Gasteiger charge is -2.15. The van der Waals surface area contributed by atoms with Gasteiger partial charge < -0.3 is 20.7 Å². The van der Waals surface area contributed by atoms with Crippen molar-refractivity contribution in [1.29, 1.82) is 0 Å². The van der Waals surface area contributed by atoms with Gasteiger partial charge in [-0.1, -0.05) is 6.08 Å². The summed E-state index contributed by atoms with van der Waals surface area (Å²) in [5, 5.41) is 15.6. The molecule has 2 saturated heterocycles. The number of thioether (sulfide) groups is 1. The molecule has 4 amide bonds. The van der Waals surface area contributed by atoms with Crippen molar-refractivity contribution in [2.45, 2.75) is 49.5 Å². The van der Waals surface area contributed by atoms with Crippen LogP contribution in [0.5, 0.6) is 0 Å². The number of allylic oxidation sites excluding steroid dienone is 1. The standard InChI is InChI=1S/C23H25N7O4S/c31-21-16(28-23(33)29-21)8-12-10-25-30-19(26-13-3-4-13)9-15(27-20(12)30)17-5-6-18(35-17)22(32)24-11-14-2-1-7-34-14/h6,8-10,13-14,17,26H,1-5,7,11H2,(H,24,32)(H2,28,29,31,33)/b16-8-/t14-,17?/m1/s1. The molecule has 6 rings (SSSR count). The van der Waals surface area contributed by atoms with E-state index in [2.05, 4.69) is 26.4 Å². The Hall–Kier alpha value is -3.38. The second-order valence-corrected chi connectivity index (χ2v) is 10.3. The summed E-state index contributed by atoms with van der Waals surface area (Å²) in [4.78, 5) is 41.7. The van der Waals surface area contributed by atoms with Crippen LogP contribution in [0.4, 0.5) is 10.6 Å². The second-order valence-electron chi connectivity index (χ2n) is 9.04. The summed E-state index contributed by atoms with van der Waals surface area (Å²) < 4.78 is 7.31. The lowest BCUT2D eigenvalue weighted by atomic mass is 10.2. The molecule has 182 valence electrons. The van der Waals surface area contributed by atoms with Crippen molar-refractivity contribution in [2.75, 3.05) is 18.5 Å². The zero-order valence-electron chi connectivity index (χ0n) is 18.9. The third-order valence-electron chi connectivity index (χ3n) is 6.32. The SMILES string of the molecule is O=C1NC(=O)/C(=C/c2cnn3c(NC4CC4)cc(C4CC=C(C(=O)NC[C@H]5CCCO5)S4)nc23)N1. The Bertz CT molecular complexity index is 1280. The number of ether oxygens (including phenoxy) is 1. The lowest BCUT2D eigenvalue weighted by Crippen LogP contribution is -2.31. The molecule has 3 fully saturated rings. The zero-order chi connectivity index (χ0) is 23.9. The van der Waals surface area contributed by atoms with Gasteiger partial charge in [-0.3, -0.25) is 14.9 Å². The Morgan fingerprint density at radius 1 is 1.29 bits per heavy atom. The molecule has 2 aromatic heterocycles. The summed E-state index contributed by atoms with van der Waals surface area (Å²) >= 11 is 1.50. The van der Waals surface area contributed by atoms with E-state index < -0.39 is 11.9 Å². The number of nitrogens with one attached hydrogen (secondary N) is 4. The topological polar surface area (TPSA) is 139 Å². The minimum absolute atomic E-state index is 0.0203. The Kier molecular flexibility index (Phi) is 5.69. The summed E-state index contributed by atoms with van der Waals surface area (Å²) in [5.74, 6) is 0.244. The Balaban J connectivity index is 1.24. The van der Waals surface area contributed by atoms with Crippen LogP contribution in [-0.4, -0.2) is 57.7 Å². The van der Waals surface area contributed by atoms with Gasteiger partial charge in [0.2, 0.25) is 0 Å². The molecular weight excluding hydrogens is 470 g/mol. The van der Waals surface area contributed by atoms with E-state index in [1.165, 1.54) is 11.8 Å². The van der Waals surface area contributed by atoms with Crippen molar-refractivity contribution in [3.8, 4) is 0 Å². The average molecular weight is 496 g/mol. The third kappa shape index (κ3) is 4.63. The van der Waals surface area contributed by atoms with E-state index in [1.54, 1.807) is 16.8 Å². The molecule has 0 bridgehead atoms. The Labute approximate surface area is 205 Å². The van der Waals surface area contributed by atoms with E-state index >= 15 is 0 Å². The summed E-state index contributed by atoms with van der Waals surface area (Å²) in [6.07, 6.45) is 10.1. The normalized spacial score (nSPS) is 25.1. The molecule has 0 aromatic carbocycles. The smallest absolute Gasteiger partial charge is 0.326 e. The van der Waals surface area contributed by atoms with Gasteiger partial charge >= 0.3 is 6.03 Å². The number of amides is 4. The first-order valence-corrected chi connectivity index (χ1v) is 12.7. The molecule has 1 saturated carbocycles. The van der Waals surface area contributed by atoms with Crippen LogP contribution >= 0.6 is 11.8 Å². The van der Waals surface area contributed by atoms with Gasteiger partial charge in [0.15, 0.2) is 5.65 Å². The van der Waals surface area contributed by atoms with Crippen molar-refractivity contribution >= 4 is 47.1 Å². The van der Waals surface area contributed by atoms with Crippen molar-refractivity contribution in [1.82, 2.24) is 30.5 Å². The fraction of sp³-hybridized carbons (Fsp3) is 0.435. The zero-order valence-corrected chi connectivity index (χ0v) is 19.7. The summed E-state index contributed by atoms with van der Waals surface area (Å²) in [6, 6.07) is 1.83. The van der Waals surface area contributed by atoms with Gasteiger partial charge in [-0.15, -0.1) is 11.8 Å². The molecule has 12 heteroatoms. The summed E-state index contributed by atoms with van der Waals surface area (Å²) in [7, 11) is 0. The number of imide groups is 1. The molecule has 1 unspecified atom stereocenters. The molecule has 35 heavy (non-hydrogen) atoms. The van der Waals surface area contributed by atoms with Crippen molar-refractivity contribution in [3.05, 3.63) is 40.2 Å². The van der Waals surface area contributed by atoms with Gasteiger partial charge in [-0.05, 0) is 38.2 Å². The number of carbonyl (C=O) groups excluding carboxylic acids is 3. The maximum Gasteiger partial charge on any atom is 0.326 e. The lowest BCUT2D eigenvalue weighted by molar-refractivity contribution is -0.117. The molecule has 3 aliphatic heterocycles. The molecule has 0 radical (unpaired) electrons. The van der Waals surface area contributed by atoms with E-state index in [-0.39, 0.29) is 23.0 Å². The monoisotopic (exact) mass is 495 g/mol. The number of nitrogens with zero attached hydrogens (tertiary/aromatic N) is 3. The molecule has 0 spiro atoms. The predicted octanol–water partition coefficient (Wildman–Crippen LogP) is 1.84. The number of anilines is 1. The van der Waals surface area contributed by atoms with Crippen LogP contribution in [0.3, 0.4) is 0 Å². The molecule has 4 N–H and O–H groups in total. The first-order chi connectivity index (χ1) is 17.0. The predicted molar refractivity (Wildman–Crippen MR) is 129 cm³/mol. The first-order valence-electron chi connectivity index (χ1n) is 11.8. The molecule has 4 aliphatic rings. The largest absolute Gasteiger partial charge is 0.376 e. The number of aromatic nitrogens is 3. The third-order valence-corrected chi connectivity index (χ3v) is 7.65. The highest BCUT2D eigenvalue weighted by Crippen LogP contribution is 2.44. The Morgan fingerprint density at radius 3 is 2.91 bits per heavy atom. The second kappa shape index (κ2) is 9.00. The number of carbonyl (C=O) groups is 3. The maximum absolute atomic E-state index is 12.7. The van der Waals surface area contributed by atoms with Gasteiger partial charge in [-0.2, -0.15) is 9.61 Å². The highest BCUT2D eigenvalue weighted by atomic mass is 32.2. The van der Waals surface area contributed by atoms with Gasteiger partial charge in [0, 0.05) is 30.8 Å². The number of hydrogen-bond acceptors (Lipinski definition) is 8. The van der Waals surface area contributed by atoms with E-state index in [0.717, 1.165) is 43.8 Å². The minimum Gasteiger partial charge on any atom is -0.376 e. The average Bonchev–Trinajstić information content (AvgIpc) is 3.28. The summed E-state index contributed by atoms with van der Waals surface area (Å²) in [5.41, 5.74) is 2.16. The molecule has 2 aromatic rings. The minimum atomic E-state index is -0.554. The number of rotatable bonds is 7. The van der Waals surface area contributed by atoms with E-state index in [4.69, 9.17) is 9.72 Å². The molecule has 1 aliphatic carbocycles. The van der Waals surface area contributed by atoms with Gasteiger partial charge in [0.25, 0.3) is 11.8 Å². The van der Waals surface area contributed by atoms with Gasteiger partial charge in [0.1, 0.15) is 11.5 Å². The van der Waals surface area contributed by atoms with E-state index in [1.807, 2.05) is 12.1 Å². The number of hydrogen-bond donors (Lipinski definition) is 4.